The molecule has 1 aromatic rings. The number of hydrogen-bond donors (Lipinski definition) is 1. The van der Waals surface area contributed by atoms with Gasteiger partial charge in [-0.3, -0.25) is 4.79 Å². The molecule has 1 saturated carbocycles. The molecule has 1 amide bonds. The highest BCUT2D eigenvalue weighted by atomic mass is 35.5. The van der Waals surface area contributed by atoms with Gasteiger partial charge in [0.05, 0.1) is 5.69 Å². The van der Waals surface area contributed by atoms with Crippen LogP contribution in [0.4, 0.5) is 5.69 Å². The van der Waals surface area contributed by atoms with E-state index in [9.17, 15) is 9.90 Å². The van der Waals surface area contributed by atoms with Gasteiger partial charge in [0.15, 0.2) is 5.60 Å². The number of amides is 1. The van der Waals surface area contributed by atoms with Gasteiger partial charge < -0.3 is 10.0 Å². The normalized spacial score (nSPS) is 25.4. The summed E-state index contributed by atoms with van der Waals surface area (Å²) >= 11 is 6.07. The Kier molecular flexibility index (Phi) is 4.04. The maximum atomic E-state index is 12.6. The van der Waals surface area contributed by atoms with Crippen molar-refractivity contribution in [1.29, 1.82) is 0 Å². The van der Waals surface area contributed by atoms with E-state index in [2.05, 4.69) is 6.58 Å². The van der Waals surface area contributed by atoms with Crippen molar-refractivity contribution in [2.45, 2.75) is 44.1 Å². The van der Waals surface area contributed by atoms with E-state index in [1.54, 1.807) is 25.2 Å². The van der Waals surface area contributed by atoms with Gasteiger partial charge in [-0.05, 0) is 37.0 Å². The molecule has 0 spiro atoms. The Morgan fingerprint density at radius 3 is 2.77 bits per heavy atom. The van der Waals surface area contributed by atoms with E-state index >= 15 is 0 Å². The van der Waals surface area contributed by atoms with Gasteiger partial charge in [-0.2, -0.15) is 0 Å². The van der Waals surface area contributed by atoms with Crippen LogP contribution in [0.5, 0.6) is 0 Å². The van der Waals surface area contributed by atoms with Crippen molar-refractivity contribution in [3.05, 3.63) is 40.9 Å². The topological polar surface area (TPSA) is 40.5 Å². The average Bonchev–Trinajstić information content (AvgIpc) is 2.70. The Bertz CT molecular complexity index is 622. The summed E-state index contributed by atoms with van der Waals surface area (Å²) in [7, 11) is 1.69. The first-order chi connectivity index (χ1) is 10.4. The lowest BCUT2D eigenvalue weighted by atomic mass is 9.78. The van der Waals surface area contributed by atoms with Crippen LogP contribution < -0.4 is 4.90 Å². The van der Waals surface area contributed by atoms with E-state index in [1.807, 2.05) is 0 Å². The summed E-state index contributed by atoms with van der Waals surface area (Å²) in [5.41, 5.74) is 0.790. The molecule has 3 nitrogen and oxygen atoms in total. The molecule has 22 heavy (non-hydrogen) atoms. The Balaban J connectivity index is 1.90. The maximum absolute atomic E-state index is 12.6. The number of likely N-dealkylation sites (N-methyl/N-ethyl adjacent to an activating group) is 1. The number of benzene rings is 1. The standard InChI is InChI=1S/C18H22ClNO2/c1-12(13-6-4-3-5-7-13)11-18(22)15-10-14(19)8-9-16(15)20(2)17(18)21/h8-10,13,22H,1,3-7,11H2,2H3/t18-/m1/s1. The van der Waals surface area contributed by atoms with E-state index in [0.717, 1.165) is 24.1 Å². The fourth-order valence-electron chi connectivity index (χ4n) is 3.79. The lowest BCUT2D eigenvalue weighted by molar-refractivity contribution is -0.135. The number of rotatable bonds is 3. The van der Waals surface area contributed by atoms with Gasteiger partial charge in [0, 0.05) is 24.1 Å². The van der Waals surface area contributed by atoms with Gasteiger partial charge in [-0.1, -0.05) is 43.0 Å². The molecule has 1 aliphatic heterocycles. The Morgan fingerprint density at radius 2 is 2.09 bits per heavy atom. The third kappa shape index (κ3) is 2.46. The molecule has 0 unspecified atom stereocenters. The number of fused-ring (bicyclic) bond motifs is 1. The zero-order chi connectivity index (χ0) is 15.9. The zero-order valence-electron chi connectivity index (χ0n) is 12.9. The Labute approximate surface area is 136 Å². The van der Waals surface area contributed by atoms with E-state index in [1.165, 1.54) is 24.2 Å². The molecule has 0 bridgehead atoms. The largest absolute Gasteiger partial charge is 0.375 e. The number of carbonyl (C=O) groups is 1. The summed E-state index contributed by atoms with van der Waals surface area (Å²) in [5, 5.41) is 11.6. The summed E-state index contributed by atoms with van der Waals surface area (Å²) in [6.45, 7) is 4.18. The van der Waals surface area contributed by atoms with E-state index in [0.29, 0.717) is 16.5 Å². The number of hydrogen-bond acceptors (Lipinski definition) is 2. The van der Waals surface area contributed by atoms with Crippen molar-refractivity contribution in [3.8, 4) is 0 Å². The van der Waals surface area contributed by atoms with E-state index in [-0.39, 0.29) is 12.3 Å². The Morgan fingerprint density at radius 1 is 1.41 bits per heavy atom. The summed E-state index contributed by atoms with van der Waals surface area (Å²) < 4.78 is 0. The van der Waals surface area contributed by atoms with Gasteiger partial charge in [0.2, 0.25) is 0 Å². The summed E-state index contributed by atoms with van der Waals surface area (Å²) in [6.07, 6.45) is 6.20. The highest BCUT2D eigenvalue weighted by molar-refractivity contribution is 6.31. The number of nitrogens with zero attached hydrogens (tertiary/aromatic N) is 1. The second-order valence-corrected chi connectivity index (χ2v) is 6.99. The molecular weight excluding hydrogens is 298 g/mol. The molecule has 1 aliphatic carbocycles. The lowest BCUT2D eigenvalue weighted by Crippen LogP contribution is -2.39. The highest BCUT2D eigenvalue weighted by Crippen LogP contribution is 2.45. The van der Waals surface area contributed by atoms with Crippen LogP contribution in [0.3, 0.4) is 0 Å². The summed E-state index contributed by atoms with van der Waals surface area (Å²) in [4.78, 5) is 14.1. The van der Waals surface area contributed by atoms with Crippen molar-refractivity contribution in [2.24, 2.45) is 5.92 Å². The summed E-state index contributed by atoms with van der Waals surface area (Å²) in [6, 6.07) is 5.23. The third-order valence-electron chi connectivity index (χ3n) is 5.09. The monoisotopic (exact) mass is 319 g/mol. The van der Waals surface area contributed by atoms with Crippen molar-refractivity contribution in [1.82, 2.24) is 0 Å². The lowest BCUT2D eigenvalue weighted by Gasteiger charge is -2.29. The summed E-state index contributed by atoms with van der Waals surface area (Å²) in [5.74, 6) is 0.126. The van der Waals surface area contributed by atoms with Crippen molar-refractivity contribution in [2.75, 3.05) is 11.9 Å². The van der Waals surface area contributed by atoms with Gasteiger partial charge >= 0.3 is 0 Å². The quantitative estimate of drug-likeness (QED) is 0.854. The minimum atomic E-state index is -1.52. The van der Waals surface area contributed by atoms with E-state index < -0.39 is 5.60 Å². The van der Waals surface area contributed by atoms with Gasteiger partial charge in [-0.15, -0.1) is 0 Å². The van der Waals surface area contributed by atoms with Crippen LogP contribution in [0.25, 0.3) is 0 Å². The van der Waals surface area contributed by atoms with Gasteiger partial charge in [0.25, 0.3) is 5.91 Å². The van der Waals surface area contributed by atoms with E-state index in [4.69, 9.17) is 11.6 Å². The second kappa shape index (κ2) is 5.71. The first-order valence-electron chi connectivity index (χ1n) is 7.92. The minimum absolute atomic E-state index is 0.286. The molecule has 0 aromatic heterocycles. The second-order valence-electron chi connectivity index (χ2n) is 6.56. The van der Waals surface area contributed by atoms with Crippen LogP contribution >= 0.6 is 11.6 Å². The molecule has 118 valence electrons. The molecule has 0 saturated heterocycles. The predicted octanol–water partition coefficient (Wildman–Crippen LogP) is 4.03. The molecule has 4 heteroatoms. The van der Waals surface area contributed by atoms with Gasteiger partial charge in [-0.25, -0.2) is 0 Å². The SMILES string of the molecule is C=C(C[C@]1(O)C(=O)N(C)c2ccc(Cl)cc21)C1CCCCC1. The molecule has 2 aliphatic rings. The van der Waals surface area contributed by atoms with Crippen LogP contribution in [0.2, 0.25) is 5.02 Å². The third-order valence-corrected chi connectivity index (χ3v) is 5.32. The minimum Gasteiger partial charge on any atom is -0.375 e. The first-order valence-corrected chi connectivity index (χ1v) is 8.29. The van der Waals surface area contributed by atoms with Gasteiger partial charge in [0.1, 0.15) is 0 Å². The molecule has 1 aromatic carbocycles. The maximum Gasteiger partial charge on any atom is 0.263 e. The predicted molar refractivity (Wildman–Crippen MR) is 89.1 cm³/mol. The Hall–Kier alpha value is -1.32. The number of anilines is 1. The fourth-order valence-corrected chi connectivity index (χ4v) is 3.96. The number of carbonyl (C=O) groups excluding carboxylic acids is 1. The van der Waals surface area contributed by atoms with Crippen LogP contribution in [-0.4, -0.2) is 18.1 Å². The molecule has 1 fully saturated rings. The first kappa shape index (κ1) is 15.6. The van der Waals surface area contributed by atoms with Crippen molar-refractivity contribution >= 4 is 23.2 Å². The number of aliphatic hydroxyl groups is 1. The average molecular weight is 320 g/mol. The highest BCUT2D eigenvalue weighted by Gasteiger charge is 2.49. The fraction of sp³-hybridized carbons (Fsp3) is 0.500. The number of halogens is 1. The van der Waals surface area contributed by atoms with Crippen LogP contribution in [0.1, 0.15) is 44.1 Å². The van der Waals surface area contributed by atoms with Crippen LogP contribution in [0, 0.1) is 5.92 Å². The zero-order valence-corrected chi connectivity index (χ0v) is 13.7. The molecule has 1 heterocycles. The van der Waals surface area contributed by atoms with Crippen LogP contribution in [-0.2, 0) is 10.4 Å². The van der Waals surface area contributed by atoms with Crippen molar-refractivity contribution in [3.63, 3.8) is 0 Å². The molecule has 1 atom stereocenters. The molecular formula is C18H22ClNO2. The molecule has 0 radical (unpaired) electrons. The molecule has 3 rings (SSSR count). The van der Waals surface area contributed by atoms with Crippen molar-refractivity contribution < 1.29 is 9.90 Å². The van der Waals surface area contributed by atoms with Crippen LogP contribution in [0.15, 0.2) is 30.4 Å². The smallest absolute Gasteiger partial charge is 0.263 e. The molecule has 1 N–H and O–H groups in total.